The summed E-state index contributed by atoms with van der Waals surface area (Å²) in [7, 11) is 0. The molecule has 4 aromatic rings. The van der Waals surface area contributed by atoms with E-state index in [1.165, 1.54) is 24.7 Å². The van der Waals surface area contributed by atoms with Gasteiger partial charge >= 0.3 is 0 Å². The molecular weight excluding hydrogens is 395 g/mol. The molecule has 8 nitrogen and oxygen atoms in total. The predicted molar refractivity (Wildman–Crippen MR) is 108 cm³/mol. The monoisotopic (exact) mass is 408 g/mol. The van der Waals surface area contributed by atoms with Crippen LogP contribution in [0.1, 0.15) is 18.5 Å². The van der Waals surface area contributed by atoms with Gasteiger partial charge in [-0.15, -0.1) is 0 Å². The largest absolute Gasteiger partial charge is 0.392 e. The average Bonchev–Trinajstić information content (AvgIpc) is 3.07. The van der Waals surface area contributed by atoms with Crippen molar-refractivity contribution in [3.63, 3.8) is 0 Å². The summed E-state index contributed by atoms with van der Waals surface area (Å²) in [5.74, 6) is 0.000447. The molecule has 29 heavy (non-hydrogen) atoms. The molecule has 0 radical (unpaired) electrons. The highest BCUT2D eigenvalue weighted by atomic mass is 35.5. The number of aromatic nitrogens is 5. The first-order chi connectivity index (χ1) is 14.0. The standard InChI is InChI=1S/C19H14ClFN8/c1-10(27-18-16(23-2)17(22)24-9-25-18)13-8-29-19(14(20)7-26-29)28-15(13)11-4-3-5-12(21)6-11/h3-10H,1H3,(H3,22,24,25,27)/t10-/m0/s1. The first kappa shape index (κ1) is 18.6. The first-order valence-corrected chi connectivity index (χ1v) is 8.90. The summed E-state index contributed by atoms with van der Waals surface area (Å²) in [4.78, 5) is 16.0. The van der Waals surface area contributed by atoms with Crippen LogP contribution in [0.15, 0.2) is 43.0 Å². The van der Waals surface area contributed by atoms with Gasteiger partial charge in [0.2, 0.25) is 0 Å². The molecule has 3 aromatic heterocycles. The lowest BCUT2D eigenvalue weighted by Gasteiger charge is -2.19. The van der Waals surface area contributed by atoms with Crippen molar-refractivity contribution in [3.05, 3.63) is 70.8 Å². The minimum atomic E-state index is -0.380. The Morgan fingerprint density at radius 1 is 1.34 bits per heavy atom. The Kier molecular flexibility index (Phi) is 4.70. The topological polar surface area (TPSA) is 98.4 Å². The fourth-order valence-corrected chi connectivity index (χ4v) is 3.14. The lowest BCUT2D eigenvalue weighted by atomic mass is 10.0. The van der Waals surface area contributed by atoms with E-state index in [0.29, 0.717) is 33.3 Å². The van der Waals surface area contributed by atoms with Gasteiger partial charge in [0, 0.05) is 17.3 Å². The number of fused-ring (bicyclic) bond motifs is 1. The molecule has 0 aliphatic heterocycles. The second kappa shape index (κ2) is 7.33. The minimum absolute atomic E-state index is 0.0856. The van der Waals surface area contributed by atoms with Crippen LogP contribution in [0.3, 0.4) is 0 Å². The van der Waals surface area contributed by atoms with Crippen molar-refractivity contribution in [2.45, 2.75) is 13.0 Å². The van der Waals surface area contributed by atoms with E-state index in [0.717, 1.165) is 0 Å². The van der Waals surface area contributed by atoms with Crippen LogP contribution in [-0.2, 0) is 0 Å². The Bertz CT molecular complexity index is 1260. The van der Waals surface area contributed by atoms with Gasteiger partial charge in [-0.05, 0) is 19.1 Å². The second-order valence-electron chi connectivity index (χ2n) is 6.25. The van der Waals surface area contributed by atoms with Crippen molar-refractivity contribution < 1.29 is 4.39 Å². The first-order valence-electron chi connectivity index (χ1n) is 8.52. The lowest BCUT2D eigenvalue weighted by molar-refractivity contribution is 0.628. The van der Waals surface area contributed by atoms with E-state index >= 15 is 0 Å². The van der Waals surface area contributed by atoms with Crippen molar-refractivity contribution in [1.29, 1.82) is 0 Å². The van der Waals surface area contributed by atoms with Gasteiger partial charge in [0.1, 0.15) is 28.8 Å². The van der Waals surface area contributed by atoms with Gasteiger partial charge in [0.05, 0.1) is 24.5 Å². The molecule has 4 rings (SSSR count). The summed E-state index contributed by atoms with van der Waals surface area (Å²) in [6, 6.07) is 5.75. The molecule has 1 atom stereocenters. The molecule has 10 heteroatoms. The van der Waals surface area contributed by atoms with Crippen LogP contribution in [0.25, 0.3) is 21.7 Å². The Hall–Kier alpha value is -3.77. The highest BCUT2D eigenvalue weighted by molar-refractivity contribution is 6.33. The third-order valence-corrected chi connectivity index (χ3v) is 4.63. The van der Waals surface area contributed by atoms with Gasteiger partial charge in [-0.2, -0.15) is 5.10 Å². The molecule has 0 aliphatic carbocycles. The van der Waals surface area contributed by atoms with Crippen molar-refractivity contribution in [2.24, 2.45) is 0 Å². The average molecular weight is 409 g/mol. The van der Waals surface area contributed by atoms with Crippen molar-refractivity contribution in [1.82, 2.24) is 24.6 Å². The molecule has 0 bridgehead atoms. The van der Waals surface area contributed by atoms with Crippen molar-refractivity contribution >= 4 is 34.6 Å². The maximum Gasteiger partial charge on any atom is 0.268 e. The quantitative estimate of drug-likeness (QED) is 0.489. The maximum atomic E-state index is 13.9. The minimum Gasteiger partial charge on any atom is -0.392 e. The van der Waals surface area contributed by atoms with E-state index in [1.807, 2.05) is 6.92 Å². The van der Waals surface area contributed by atoms with Gasteiger partial charge in [-0.25, -0.2) is 28.7 Å². The Morgan fingerprint density at radius 2 is 2.17 bits per heavy atom. The fraction of sp³-hybridized carbons (Fsp3) is 0.105. The number of rotatable bonds is 4. The normalized spacial score (nSPS) is 11.9. The molecule has 0 saturated carbocycles. The van der Waals surface area contributed by atoms with E-state index in [4.69, 9.17) is 23.9 Å². The summed E-state index contributed by atoms with van der Waals surface area (Å²) >= 11 is 6.18. The molecule has 0 saturated heterocycles. The van der Waals surface area contributed by atoms with E-state index < -0.39 is 0 Å². The molecule has 0 amide bonds. The molecule has 3 N–H and O–H groups in total. The summed E-state index contributed by atoms with van der Waals surface area (Å²) in [5.41, 5.74) is 8.18. The van der Waals surface area contributed by atoms with Crippen LogP contribution in [0.5, 0.6) is 0 Å². The Labute approximate surface area is 170 Å². The number of nitrogens with two attached hydrogens (primary N) is 1. The number of hydrogen-bond acceptors (Lipinski definition) is 6. The number of hydrogen-bond donors (Lipinski definition) is 2. The third kappa shape index (κ3) is 3.41. The molecule has 1 aromatic carbocycles. The number of nitrogens with one attached hydrogen (secondary N) is 1. The number of nitrogen functional groups attached to an aromatic ring is 1. The summed E-state index contributed by atoms with van der Waals surface area (Å²) < 4.78 is 15.4. The number of anilines is 2. The summed E-state index contributed by atoms with van der Waals surface area (Å²) in [6.45, 7) is 9.19. The maximum absolute atomic E-state index is 13.9. The highest BCUT2D eigenvalue weighted by Gasteiger charge is 2.20. The van der Waals surface area contributed by atoms with Crippen LogP contribution in [-0.4, -0.2) is 24.6 Å². The van der Waals surface area contributed by atoms with Gasteiger partial charge < -0.3 is 11.1 Å². The molecule has 0 aliphatic rings. The zero-order chi connectivity index (χ0) is 20.5. The van der Waals surface area contributed by atoms with Crippen molar-refractivity contribution in [3.8, 4) is 11.3 Å². The summed E-state index contributed by atoms with van der Waals surface area (Å²) in [6.07, 6.45) is 4.53. The summed E-state index contributed by atoms with van der Waals surface area (Å²) in [5, 5.41) is 7.74. The Balaban J connectivity index is 1.85. The van der Waals surface area contributed by atoms with Crippen LogP contribution in [0, 0.1) is 12.4 Å². The van der Waals surface area contributed by atoms with Gasteiger partial charge in [-0.3, -0.25) is 0 Å². The Morgan fingerprint density at radius 3 is 2.93 bits per heavy atom. The molecule has 144 valence electrons. The number of nitrogens with zero attached hydrogens (tertiary/aromatic N) is 6. The molecular formula is C19H14ClFN8. The van der Waals surface area contributed by atoms with Gasteiger partial charge in [0.25, 0.3) is 5.69 Å². The van der Waals surface area contributed by atoms with Crippen LogP contribution >= 0.6 is 11.6 Å². The van der Waals surface area contributed by atoms with Gasteiger partial charge in [0.15, 0.2) is 5.65 Å². The van der Waals surface area contributed by atoms with Crippen LogP contribution < -0.4 is 11.1 Å². The SMILES string of the molecule is [C-]#[N+]c1c(N)ncnc1N[C@@H](C)c1cn2ncc(Cl)c2nc1-c1cccc(F)c1. The zero-order valence-corrected chi connectivity index (χ0v) is 15.9. The van der Waals surface area contributed by atoms with E-state index in [-0.39, 0.29) is 23.4 Å². The molecule has 0 unspecified atom stereocenters. The molecule has 0 fully saturated rings. The molecule has 3 heterocycles. The third-order valence-electron chi connectivity index (χ3n) is 4.36. The fourth-order valence-electron chi connectivity index (χ4n) is 2.97. The lowest BCUT2D eigenvalue weighted by Crippen LogP contribution is -2.12. The highest BCUT2D eigenvalue weighted by Crippen LogP contribution is 2.34. The van der Waals surface area contributed by atoms with E-state index in [9.17, 15) is 4.39 Å². The smallest absolute Gasteiger partial charge is 0.268 e. The van der Waals surface area contributed by atoms with Crippen LogP contribution in [0.4, 0.5) is 21.7 Å². The van der Waals surface area contributed by atoms with Crippen LogP contribution in [0.2, 0.25) is 5.02 Å². The predicted octanol–water partition coefficient (Wildman–Crippen LogP) is 4.28. The van der Waals surface area contributed by atoms with E-state index in [2.05, 4.69) is 30.2 Å². The van der Waals surface area contributed by atoms with E-state index in [1.54, 1.807) is 22.8 Å². The zero-order valence-electron chi connectivity index (χ0n) is 15.1. The molecule has 0 spiro atoms. The van der Waals surface area contributed by atoms with Gasteiger partial charge in [-0.1, -0.05) is 23.7 Å². The number of benzene rings is 1. The number of halogens is 2. The van der Waals surface area contributed by atoms with Crippen molar-refractivity contribution in [2.75, 3.05) is 11.1 Å². The second-order valence-corrected chi connectivity index (χ2v) is 6.66.